The predicted octanol–water partition coefficient (Wildman–Crippen LogP) is 3.20. The van der Waals surface area contributed by atoms with Gasteiger partial charge in [0.05, 0.1) is 11.9 Å². The van der Waals surface area contributed by atoms with E-state index >= 15 is 0 Å². The summed E-state index contributed by atoms with van der Waals surface area (Å²) in [6, 6.07) is 17.8. The highest BCUT2D eigenvalue weighted by atomic mass is 16.3. The van der Waals surface area contributed by atoms with Crippen LogP contribution in [0.5, 0.6) is 0 Å². The lowest BCUT2D eigenvalue weighted by Gasteiger charge is -2.38. The van der Waals surface area contributed by atoms with Crippen molar-refractivity contribution in [3.8, 4) is 0 Å². The number of para-hydroxylation sites is 2. The number of nitrogens with zero attached hydrogens (tertiary/aromatic N) is 2. The average molecular weight is 295 g/mol. The highest BCUT2D eigenvalue weighted by molar-refractivity contribution is 5.83. The van der Waals surface area contributed by atoms with Gasteiger partial charge in [0.15, 0.2) is 5.72 Å². The zero-order valence-corrected chi connectivity index (χ0v) is 13.1. The number of rotatable bonds is 3. The molecule has 0 bridgehead atoms. The van der Waals surface area contributed by atoms with Crippen LogP contribution >= 0.6 is 0 Å². The van der Waals surface area contributed by atoms with E-state index in [1.807, 2.05) is 74.3 Å². The van der Waals surface area contributed by atoms with Crippen LogP contribution < -0.4 is 10.3 Å². The molecule has 3 rings (SSSR count). The fraction of sp³-hybridized carbons (Fsp3) is 0.278. The Morgan fingerprint density at radius 1 is 1.05 bits per heavy atom. The van der Waals surface area contributed by atoms with Crippen molar-refractivity contribution in [1.29, 1.82) is 0 Å². The van der Waals surface area contributed by atoms with Crippen LogP contribution in [0.15, 0.2) is 59.7 Å². The number of hydrazone groups is 1. The summed E-state index contributed by atoms with van der Waals surface area (Å²) in [5, 5.41) is 15.5. The van der Waals surface area contributed by atoms with E-state index in [4.69, 9.17) is 0 Å². The molecule has 2 aromatic carbocycles. The van der Waals surface area contributed by atoms with Crippen LogP contribution in [0.4, 0.5) is 11.4 Å². The average Bonchev–Trinajstić information content (AvgIpc) is 2.68. The molecule has 1 atom stereocenters. The molecule has 114 valence electrons. The minimum atomic E-state index is -1.18. The van der Waals surface area contributed by atoms with E-state index in [1.165, 1.54) is 0 Å². The Labute approximate surface area is 131 Å². The maximum absolute atomic E-state index is 11.2. The van der Waals surface area contributed by atoms with E-state index in [-0.39, 0.29) is 0 Å². The summed E-state index contributed by atoms with van der Waals surface area (Å²) in [5.41, 5.74) is 4.36. The van der Waals surface area contributed by atoms with Crippen molar-refractivity contribution in [2.75, 3.05) is 17.4 Å². The highest BCUT2D eigenvalue weighted by Gasteiger charge is 2.54. The van der Waals surface area contributed by atoms with Crippen molar-refractivity contribution in [3.05, 3.63) is 60.2 Å². The first-order valence-electron chi connectivity index (χ1n) is 7.38. The van der Waals surface area contributed by atoms with Gasteiger partial charge in [-0.05, 0) is 23.8 Å². The summed E-state index contributed by atoms with van der Waals surface area (Å²) < 4.78 is 0. The van der Waals surface area contributed by atoms with Crippen molar-refractivity contribution in [1.82, 2.24) is 0 Å². The van der Waals surface area contributed by atoms with Crippen molar-refractivity contribution in [2.45, 2.75) is 25.0 Å². The second kappa shape index (κ2) is 5.14. The summed E-state index contributed by atoms with van der Waals surface area (Å²) in [4.78, 5) is 1.87. The van der Waals surface area contributed by atoms with Gasteiger partial charge in [0.25, 0.3) is 0 Å². The maximum Gasteiger partial charge on any atom is 0.185 e. The zero-order valence-electron chi connectivity index (χ0n) is 13.1. The van der Waals surface area contributed by atoms with Gasteiger partial charge in [-0.2, -0.15) is 5.10 Å². The van der Waals surface area contributed by atoms with E-state index in [1.54, 1.807) is 6.21 Å². The summed E-state index contributed by atoms with van der Waals surface area (Å²) in [6.07, 6.45) is 1.58. The topological polar surface area (TPSA) is 47.9 Å². The largest absolute Gasteiger partial charge is 0.365 e. The van der Waals surface area contributed by atoms with Gasteiger partial charge < -0.3 is 10.0 Å². The first kappa shape index (κ1) is 14.6. The number of nitrogens with one attached hydrogen (secondary N) is 1. The molecular formula is C18H21N3O. The minimum Gasteiger partial charge on any atom is -0.365 e. The molecule has 2 N–H and O–H groups in total. The van der Waals surface area contributed by atoms with E-state index < -0.39 is 11.1 Å². The summed E-state index contributed by atoms with van der Waals surface area (Å²) in [5.74, 6) is 0. The lowest BCUT2D eigenvalue weighted by Crippen LogP contribution is -2.56. The molecule has 0 amide bonds. The van der Waals surface area contributed by atoms with E-state index in [2.05, 4.69) is 16.6 Å². The van der Waals surface area contributed by atoms with Crippen molar-refractivity contribution in [2.24, 2.45) is 5.10 Å². The molecule has 1 heterocycles. The molecule has 1 aliphatic heterocycles. The number of benzene rings is 2. The Kier molecular flexibility index (Phi) is 3.41. The first-order valence-corrected chi connectivity index (χ1v) is 7.38. The molecule has 0 spiro atoms. The summed E-state index contributed by atoms with van der Waals surface area (Å²) in [6.45, 7) is 4.06. The number of hydrogen-bond donors (Lipinski definition) is 2. The van der Waals surface area contributed by atoms with Crippen LogP contribution in [0.25, 0.3) is 0 Å². The third-order valence-corrected chi connectivity index (χ3v) is 4.58. The SMILES string of the molecule is CN1c2ccccc2C(C)(C)C1(O)/C=N/Nc1ccccc1. The molecule has 2 aromatic rings. The molecule has 0 fully saturated rings. The second-order valence-electron chi connectivity index (χ2n) is 6.16. The molecule has 0 radical (unpaired) electrons. The highest BCUT2D eigenvalue weighted by Crippen LogP contribution is 2.48. The van der Waals surface area contributed by atoms with Gasteiger partial charge in [0.2, 0.25) is 0 Å². The second-order valence-corrected chi connectivity index (χ2v) is 6.16. The van der Waals surface area contributed by atoms with Gasteiger partial charge in [0.1, 0.15) is 0 Å². The number of fused-ring (bicyclic) bond motifs is 1. The Balaban J connectivity index is 1.90. The van der Waals surface area contributed by atoms with Gasteiger partial charge in [0, 0.05) is 18.2 Å². The predicted molar refractivity (Wildman–Crippen MR) is 91.4 cm³/mol. The maximum atomic E-state index is 11.2. The molecule has 22 heavy (non-hydrogen) atoms. The van der Waals surface area contributed by atoms with Gasteiger partial charge in [-0.25, -0.2) is 0 Å². The van der Waals surface area contributed by atoms with Crippen LogP contribution in [-0.4, -0.2) is 24.1 Å². The summed E-state index contributed by atoms with van der Waals surface area (Å²) in [7, 11) is 1.89. The fourth-order valence-corrected chi connectivity index (χ4v) is 3.05. The Hall–Kier alpha value is -2.33. The molecular weight excluding hydrogens is 274 g/mol. The Morgan fingerprint density at radius 2 is 1.68 bits per heavy atom. The van der Waals surface area contributed by atoms with Crippen LogP contribution in [0.3, 0.4) is 0 Å². The zero-order chi connectivity index (χ0) is 15.8. The lowest BCUT2D eigenvalue weighted by molar-refractivity contribution is 0.0587. The van der Waals surface area contributed by atoms with E-state index in [9.17, 15) is 5.11 Å². The third kappa shape index (κ3) is 2.07. The number of likely N-dealkylation sites (N-methyl/N-ethyl adjacent to an activating group) is 1. The molecule has 0 saturated carbocycles. The van der Waals surface area contributed by atoms with Gasteiger partial charge >= 0.3 is 0 Å². The molecule has 0 aromatic heterocycles. The van der Waals surface area contributed by atoms with Crippen LogP contribution in [-0.2, 0) is 5.41 Å². The number of hydrogen-bond acceptors (Lipinski definition) is 4. The van der Waals surface area contributed by atoms with Crippen LogP contribution in [0.2, 0.25) is 0 Å². The van der Waals surface area contributed by atoms with Crippen LogP contribution in [0, 0.1) is 0 Å². The number of aliphatic hydroxyl groups is 1. The van der Waals surface area contributed by atoms with Gasteiger partial charge in [-0.1, -0.05) is 50.2 Å². The smallest absolute Gasteiger partial charge is 0.185 e. The standard InChI is InChI=1S/C18H21N3O/c1-17(2)15-11-7-8-12-16(15)21(3)18(17,22)13-19-20-14-9-5-4-6-10-14/h4-13,20,22H,1-3H3/b19-13+. The first-order chi connectivity index (χ1) is 10.5. The molecule has 4 heteroatoms. The molecule has 0 aliphatic carbocycles. The van der Waals surface area contributed by atoms with Crippen molar-refractivity contribution < 1.29 is 5.11 Å². The summed E-state index contributed by atoms with van der Waals surface area (Å²) >= 11 is 0. The van der Waals surface area contributed by atoms with Gasteiger partial charge in [-0.15, -0.1) is 0 Å². The van der Waals surface area contributed by atoms with Crippen LogP contribution in [0.1, 0.15) is 19.4 Å². The fourth-order valence-electron chi connectivity index (χ4n) is 3.05. The third-order valence-electron chi connectivity index (χ3n) is 4.58. The van der Waals surface area contributed by atoms with E-state index in [0.29, 0.717) is 0 Å². The Morgan fingerprint density at radius 3 is 2.36 bits per heavy atom. The normalized spacial score (nSPS) is 22.8. The molecule has 1 aliphatic rings. The molecule has 0 saturated heterocycles. The Bertz CT molecular complexity index is 696. The van der Waals surface area contributed by atoms with Crippen molar-refractivity contribution >= 4 is 17.6 Å². The molecule has 4 nitrogen and oxygen atoms in total. The monoisotopic (exact) mass is 295 g/mol. The number of anilines is 2. The lowest BCUT2D eigenvalue weighted by atomic mass is 9.78. The molecule has 1 unspecified atom stereocenters. The van der Waals surface area contributed by atoms with Crippen molar-refractivity contribution in [3.63, 3.8) is 0 Å². The van der Waals surface area contributed by atoms with E-state index in [0.717, 1.165) is 16.9 Å². The van der Waals surface area contributed by atoms with Gasteiger partial charge in [-0.3, -0.25) is 5.43 Å². The quantitative estimate of drug-likeness (QED) is 0.675. The minimum absolute atomic E-state index is 0.458.